The molecule has 3 atom stereocenters. The number of carbonyl (C=O) groups excluding carboxylic acids is 1. The normalized spacial score (nSPS) is 29.6. The molecule has 3 rings (SSSR count). The maximum atomic E-state index is 13.6. The van der Waals surface area contributed by atoms with Gasteiger partial charge in [-0.05, 0) is 0 Å². The van der Waals surface area contributed by atoms with E-state index in [-0.39, 0.29) is 42.7 Å². The van der Waals surface area contributed by atoms with E-state index in [4.69, 9.17) is 9.47 Å². The van der Waals surface area contributed by atoms with Crippen molar-refractivity contribution in [1.29, 1.82) is 0 Å². The first-order valence-corrected chi connectivity index (χ1v) is 11.4. The summed E-state index contributed by atoms with van der Waals surface area (Å²) in [5.74, 6) is 0.582. The molecule has 0 aliphatic heterocycles. The molecule has 0 saturated heterocycles. The number of benzene rings is 1. The molecule has 0 aromatic heterocycles. The van der Waals surface area contributed by atoms with Gasteiger partial charge in [0.1, 0.15) is 0 Å². The first-order chi connectivity index (χ1) is 12.8. The SMILES string of the molecule is COC(CC1=C[C@@]2(C)C=CCC(C)(C)[C@H]2C([Se]c2ccccc2)C1=O)OC. The van der Waals surface area contributed by atoms with Crippen LogP contribution in [0, 0.1) is 16.7 Å². The summed E-state index contributed by atoms with van der Waals surface area (Å²) < 4.78 is 12.1. The third-order valence-corrected chi connectivity index (χ3v) is 8.61. The van der Waals surface area contributed by atoms with Crippen molar-refractivity contribution in [2.24, 2.45) is 16.7 Å². The molecule has 1 aromatic rings. The van der Waals surface area contributed by atoms with Gasteiger partial charge < -0.3 is 0 Å². The third-order valence-electron chi connectivity index (χ3n) is 5.91. The molecule has 146 valence electrons. The maximum absolute atomic E-state index is 13.6. The van der Waals surface area contributed by atoms with Crippen molar-refractivity contribution < 1.29 is 14.3 Å². The number of hydrogen-bond donors (Lipinski definition) is 0. The second kappa shape index (κ2) is 8.05. The zero-order chi connectivity index (χ0) is 19.7. The van der Waals surface area contributed by atoms with Crippen LogP contribution >= 0.6 is 0 Å². The van der Waals surface area contributed by atoms with E-state index in [0.717, 1.165) is 12.0 Å². The molecule has 1 aromatic carbocycles. The Labute approximate surface area is 169 Å². The van der Waals surface area contributed by atoms with Crippen LogP contribution in [0.2, 0.25) is 4.82 Å². The van der Waals surface area contributed by atoms with Crippen molar-refractivity contribution in [3.8, 4) is 0 Å². The predicted octanol–water partition coefficient (Wildman–Crippen LogP) is 3.93. The Hall–Kier alpha value is -1.19. The molecule has 4 heteroatoms. The molecular formula is C23H30O3Se. The van der Waals surface area contributed by atoms with Crippen molar-refractivity contribution in [3.05, 3.63) is 54.1 Å². The topological polar surface area (TPSA) is 35.5 Å². The number of ether oxygens (including phenoxy) is 2. The zero-order valence-electron chi connectivity index (χ0n) is 16.9. The quantitative estimate of drug-likeness (QED) is 0.388. The van der Waals surface area contributed by atoms with Crippen LogP contribution in [-0.2, 0) is 14.3 Å². The summed E-state index contributed by atoms with van der Waals surface area (Å²) >= 11 is 0.0852. The van der Waals surface area contributed by atoms with Crippen molar-refractivity contribution >= 4 is 25.2 Å². The number of allylic oxidation sites excluding steroid dienone is 3. The molecule has 27 heavy (non-hydrogen) atoms. The van der Waals surface area contributed by atoms with Gasteiger partial charge in [0.05, 0.1) is 0 Å². The molecular weight excluding hydrogens is 403 g/mol. The van der Waals surface area contributed by atoms with E-state index < -0.39 is 0 Å². The molecule has 2 aliphatic carbocycles. The molecule has 0 N–H and O–H groups in total. The van der Waals surface area contributed by atoms with Crippen LogP contribution in [-0.4, -0.2) is 41.2 Å². The van der Waals surface area contributed by atoms with Gasteiger partial charge in [-0.3, -0.25) is 0 Å². The second-order valence-corrected chi connectivity index (χ2v) is 11.0. The Bertz CT molecular complexity index is 733. The molecule has 2 aliphatic rings. The third kappa shape index (κ3) is 4.14. The summed E-state index contributed by atoms with van der Waals surface area (Å²) in [6, 6.07) is 10.5. The fourth-order valence-electron chi connectivity index (χ4n) is 4.71. The monoisotopic (exact) mass is 434 g/mol. The van der Waals surface area contributed by atoms with Crippen LogP contribution in [0.25, 0.3) is 0 Å². The first kappa shape index (κ1) is 20.5. The van der Waals surface area contributed by atoms with E-state index in [1.54, 1.807) is 14.2 Å². The molecule has 0 heterocycles. The summed E-state index contributed by atoms with van der Waals surface area (Å²) in [5.41, 5.74) is 0.829. The Morgan fingerprint density at radius 2 is 1.81 bits per heavy atom. The van der Waals surface area contributed by atoms with E-state index >= 15 is 0 Å². The van der Waals surface area contributed by atoms with Crippen LogP contribution < -0.4 is 4.46 Å². The van der Waals surface area contributed by atoms with Crippen LogP contribution in [0.4, 0.5) is 0 Å². The number of methoxy groups -OCH3 is 2. The molecule has 3 nitrogen and oxygen atoms in total. The number of rotatable bonds is 6. The minimum absolute atomic E-state index is 0.0270. The van der Waals surface area contributed by atoms with E-state index in [1.807, 2.05) is 6.07 Å². The molecule has 0 saturated carbocycles. The summed E-state index contributed by atoms with van der Waals surface area (Å²) in [4.78, 5) is 13.6. The molecule has 0 radical (unpaired) electrons. The molecule has 0 amide bonds. The molecule has 1 unspecified atom stereocenters. The van der Waals surface area contributed by atoms with Crippen LogP contribution in [0.1, 0.15) is 33.6 Å². The number of hydrogen-bond acceptors (Lipinski definition) is 3. The Kier molecular flexibility index (Phi) is 6.12. The minimum atomic E-state index is -0.384. The van der Waals surface area contributed by atoms with Crippen molar-refractivity contribution in [2.75, 3.05) is 14.2 Å². The van der Waals surface area contributed by atoms with Crippen LogP contribution in [0.3, 0.4) is 0 Å². The number of fused-ring (bicyclic) bond motifs is 1. The van der Waals surface area contributed by atoms with Gasteiger partial charge in [-0.1, -0.05) is 0 Å². The van der Waals surface area contributed by atoms with E-state index in [0.29, 0.717) is 12.3 Å². The van der Waals surface area contributed by atoms with Gasteiger partial charge in [0.25, 0.3) is 0 Å². The van der Waals surface area contributed by atoms with Crippen LogP contribution in [0.5, 0.6) is 0 Å². The Morgan fingerprint density at radius 3 is 2.44 bits per heavy atom. The van der Waals surface area contributed by atoms with Gasteiger partial charge in [-0.25, -0.2) is 0 Å². The van der Waals surface area contributed by atoms with Gasteiger partial charge in [0.15, 0.2) is 0 Å². The number of carbonyl (C=O) groups is 1. The molecule has 0 spiro atoms. The fraction of sp³-hybridized carbons (Fsp3) is 0.522. The van der Waals surface area contributed by atoms with Crippen LogP contribution in [0.15, 0.2) is 54.1 Å². The second-order valence-electron chi connectivity index (χ2n) is 8.43. The number of Topliss-reactive ketones (excluding diaryl/α,β-unsaturated/α-hetero) is 1. The van der Waals surface area contributed by atoms with E-state index in [9.17, 15) is 4.79 Å². The van der Waals surface area contributed by atoms with Gasteiger partial charge in [0, 0.05) is 0 Å². The van der Waals surface area contributed by atoms with Gasteiger partial charge in [-0.15, -0.1) is 0 Å². The van der Waals surface area contributed by atoms with Crippen molar-refractivity contribution in [1.82, 2.24) is 0 Å². The van der Waals surface area contributed by atoms with Gasteiger partial charge >= 0.3 is 169 Å². The summed E-state index contributed by atoms with van der Waals surface area (Å²) in [5, 5.41) is 0. The van der Waals surface area contributed by atoms with E-state index in [2.05, 4.69) is 63.3 Å². The predicted molar refractivity (Wildman–Crippen MR) is 110 cm³/mol. The summed E-state index contributed by atoms with van der Waals surface area (Å²) in [6.45, 7) is 6.91. The van der Waals surface area contributed by atoms with Crippen molar-refractivity contribution in [2.45, 2.75) is 44.7 Å². The summed E-state index contributed by atoms with van der Waals surface area (Å²) in [6.07, 6.45) is 7.94. The van der Waals surface area contributed by atoms with E-state index in [1.165, 1.54) is 4.46 Å². The fourth-order valence-corrected chi connectivity index (χ4v) is 8.20. The molecule has 0 bridgehead atoms. The standard InChI is InChI=1S/C23H30O3Se/c1-22(2)12-9-13-23(3)15-16(14-18(25-4)26-5)19(24)20(21(22)23)27-17-10-7-6-8-11-17/h6-11,13,15,18,20-21H,12,14H2,1-5H3/t20?,21-,23-/m1/s1. The van der Waals surface area contributed by atoms with Crippen molar-refractivity contribution in [3.63, 3.8) is 0 Å². The first-order valence-electron chi connectivity index (χ1n) is 9.51. The Balaban J connectivity index is 2.03. The van der Waals surface area contributed by atoms with Gasteiger partial charge in [0.2, 0.25) is 0 Å². The Morgan fingerprint density at radius 1 is 1.15 bits per heavy atom. The summed E-state index contributed by atoms with van der Waals surface area (Å²) in [7, 11) is 3.25. The number of ketones is 1. The average Bonchev–Trinajstić information content (AvgIpc) is 2.63. The molecule has 0 fully saturated rings. The van der Waals surface area contributed by atoms with Gasteiger partial charge in [-0.2, -0.15) is 0 Å². The average molecular weight is 433 g/mol. The zero-order valence-corrected chi connectivity index (χ0v) is 18.6.